The van der Waals surface area contributed by atoms with Crippen molar-refractivity contribution in [3.8, 4) is 0 Å². The van der Waals surface area contributed by atoms with E-state index in [1.807, 2.05) is 12.2 Å². The van der Waals surface area contributed by atoms with Crippen LogP contribution in [0.1, 0.15) is 362 Å². The van der Waals surface area contributed by atoms with E-state index in [-0.39, 0.29) is 25.7 Å². The zero-order valence-corrected chi connectivity index (χ0v) is 66.6. The molecule has 0 aliphatic carbocycles. The van der Waals surface area contributed by atoms with Crippen molar-refractivity contribution in [3.05, 3.63) is 85.1 Å². The summed E-state index contributed by atoms with van der Waals surface area (Å²) in [5, 5.41) is 10.6. The summed E-state index contributed by atoms with van der Waals surface area (Å²) < 4.78 is 68.6. The van der Waals surface area contributed by atoms with E-state index in [0.717, 1.165) is 154 Å². The number of esters is 4. The number of rotatable bonds is 77. The molecule has 102 heavy (non-hydrogen) atoms. The van der Waals surface area contributed by atoms with Gasteiger partial charge in [0.15, 0.2) is 12.2 Å². The Labute approximate surface area is 621 Å². The fourth-order valence-corrected chi connectivity index (χ4v) is 12.6. The van der Waals surface area contributed by atoms with Crippen LogP contribution in [0, 0.1) is 0 Å². The third-order valence-electron chi connectivity index (χ3n) is 17.3. The van der Waals surface area contributed by atoms with Crippen molar-refractivity contribution >= 4 is 39.5 Å². The highest BCUT2D eigenvalue weighted by atomic mass is 31.2. The van der Waals surface area contributed by atoms with Gasteiger partial charge in [-0.15, -0.1) is 0 Å². The van der Waals surface area contributed by atoms with E-state index >= 15 is 0 Å². The molecular formula is C83H148O17P2. The van der Waals surface area contributed by atoms with Gasteiger partial charge in [0.2, 0.25) is 0 Å². The predicted molar refractivity (Wildman–Crippen MR) is 418 cm³/mol. The summed E-state index contributed by atoms with van der Waals surface area (Å²) in [4.78, 5) is 73.0. The molecule has 0 bridgehead atoms. The quantitative estimate of drug-likeness (QED) is 0.0169. The van der Waals surface area contributed by atoms with Crippen LogP contribution in [-0.4, -0.2) is 96.7 Å². The van der Waals surface area contributed by atoms with Crippen molar-refractivity contribution < 1.29 is 80.2 Å². The average Bonchev–Trinajstić information content (AvgIpc) is 0.917. The number of hydrogen-bond donors (Lipinski definition) is 3. The maximum atomic E-state index is 13.1. The standard InChI is InChI=1S/C83H148O17P2/c1-5-9-13-17-21-25-29-33-37-38-42-46-50-54-58-62-66-70-83(88)100-79(74-94-81(86)68-64-60-56-52-48-44-40-35-31-27-23-19-15-11-7-3)76-98-102(91,92)96-72-77(84)71-95-101(89,90)97-75-78(99-82(87)69-65-61-57-53-49-45-41-36-32-28-24-20-16-12-8-4)73-93-80(85)67-63-59-55-51-47-43-39-34-30-26-22-18-14-10-6-2/h21,25,27-28,31-34,37,39,42,46,54,58,77-79,84H,5-20,22-24,26,29-30,35-36,38,40-41,43-45,47-53,55-57,59-76H2,1-4H3,(H,89,90)(H,91,92)/b25-21-,31-27-,32-28-,37-33-,39-34-,46-42-,58-54-/t77?,78-,79-/m1/s1. The molecule has 0 aliphatic heterocycles. The van der Waals surface area contributed by atoms with Crippen molar-refractivity contribution in [3.63, 3.8) is 0 Å². The summed E-state index contributed by atoms with van der Waals surface area (Å²) in [5.41, 5.74) is 0. The molecule has 3 unspecified atom stereocenters. The molecule has 5 atom stereocenters. The maximum absolute atomic E-state index is 13.1. The van der Waals surface area contributed by atoms with E-state index in [1.165, 1.54) is 122 Å². The van der Waals surface area contributed by atoms with Gasteiger partial charge in [-0.2, -0.15) is 0 Å². The lowest BCUT2D eigenvalue weighted by atomic mass is 10.1. The molecule has 0 rings (SSSR count). The molecule has 3 N–H and O–H groups in total. The summed E-state index contributed by atoms with van der Waals surface area (Å²) in [6, 6.07) is 0. The minimum atomic E-state index is -4.99. The van der Waals surface area contributed by atoms with Gasteiger partial charge in [-0.3, -0.25) is 37.3 Å². The van der Waals surface area contributed by atoms with Crippen LogP contribution in [0.3, 0.4) is 0 Å². The normalized spacial score (nSPS) is 14.3. The fourth-order valence-electron chi connectivity index (χ4n) is 11.0. The minimum Gasteiger partial charge on any atom is -0.462 e. The van der Waals surface area contributed by atoms with E-state index in [2.05, 4.69) is 101 Å². The Morgan fingerprint density at radius 1 is 0.275 bits per heavy atom. The van der Waals surface area contributed by atoms with Crippen LogP contribution in [0.4, 0.5) is 0 Å². The van der Waals surface area contributed by atoms with Crippen molar-refractivity contribution in [2.24, 2.45) is 0 Å². The largest absolute Gasteiger partial charge is 0.472 e. The Balaban J connectivity index is 5.40. The van der Waals surface area contributed by atoms with Crippen LogP contribution in [0.5, 0.6) is 0 Å². The van der Waals surface area contributed by atoms with Gasteiger partial charge in [0, 0.05) is 25.7 Å². The van der Waals surface area contributed by atoms with E-state index in [9.17, 15) is 43.2 Å². The highest BCUT2D eigenvalue weighted by Gasteiger charge is 2.30. The summed E-state index contributed by atoms with van der Waals surface area (Å²) in [5.74, 6) is -2.24. The summed E-state index contributed by atoms with van der Waals surface area (Å²) in [7, 11) is -9.97. The van der Waals surface area contributed by atoms with Gasteiger partial charge in [0.25, 0.3) is 0 Å². The first kappa shape index (κ1) is 98.2. The monoisotopic (exact) mass is 1480 g/mol. The van der Waals surface area contributed by atoms with E-state index in [0.29, 0.717) is 32.1 Å². The smallest absolute Gasteiger partial charge is 0.462 e. The Kier molecular flexibility index (Phi) is 72.7. The van der Waals surface area contributed by atoms with Gasteiger partial charge in [-0.1, -0.05) is 280 Å². The molecule has 0 heterocycles. The lowest BCUT2D eigenvalue weighted by molar-refractivity contribution is -0.161. The number of ether oxygens (including phenoxy) is 4. The molecule has 17 nitrogen and oxygen atoms in total. The zero-order valence-electron chi connectivity index (χ0n) is 64.8. The molecule has 19 heteroatoms. The summed E-state index contributed by atoms with van der Waals surface area (Å²) >= 11 is 0. The third kappa shape index (κ3) is 74.5. The maximum Gasteiger partial charge on any atom is 0.472 e. The van der Waals surface area contributed by atoms with Crippen molar-refractivity contribution in [2.45, 2.75) is 380 Å². The van der Waals surface area contributed by atoms with Crippen LogP contribution in [0.15, 0.2) is 85.1 Å². The van der Waals surface area contributed by atoms with Crippen LogP contribution in [0.2, 0.25) is 0 Å². The summed E-state index contributed by atoms with van der Waals surface area (Å²) in [6.45, 7) is 4.79. The third-order valence-corrected chi connectivity index (χ3v) is 19.2. The number of aliphatic hydroxyl groups is 1. The number of phosphoric ester groups is 2. The van der Waals surface area contributed by atoms with Gasteiger partial charge in [0.05, 0.1) is 26.4 Å². The second-order valence-electron chi connectivity index (χ2n) is 27.3. The van der Waals surface area contributed by atoms with Crippen molar-refractivity contribution in [2.75, 3.05) is 39.6 Å². The van der Waals surface area contributed by atoms with Crippen LogP contribution < -0.4 is 0 Å². The lowest BCUT2D eigenvalue weighted by Gasteiger charge is -2.21. The van der Waals surface area contributed by atoms with E-state index < -0.39 is 97.5 Å². The Morgan fingerprint density at radius 3 is 0.814 bits per heavy atom. The van der Waals surface area contributed by atoms with Crippen LogP contribution >= 0.6 is 15.6 Å². The first-order valence-corrected chi connectivity index (χ1v) is 43.8. The summed E-state index contributed by atoms with van der Waals surface area (Å²) in [6.07, 6.45) is 78.4. The molecule has 0 radical (unpaired) electrons. The second kappa shape index (κ2) is 75.5. The highest BCUT2D eigenvalue weighted by Crippen LogP contribution is 2.45. The lowest BCUT2D eigenvalue weighted by Crippen LogP contribution is -2.30. The zero-order chi connectivity index (χ0) is 74.6. The minimum absolute atomic E-state index is 0.0199. The molecule has 0 amide bonds. The highest BCUT2D eigenvalue weighted by molar-refractivity contribution is 7.47. The number of unbranched alkanes of at least 4 members (excludes halogenated alkanes) is 37. The molecule has 0 fully saturated rings. The van der Waals surface area contributed by atoms with Gasteiger partial charge in [0.1, 0.15) is 19.3 Å². The molecule has 0 spiro atoms. The van der Waals surface area contributed by atoms with Crippen molar-refractivity contribution in [1.29, 1.82) is 0 Å². The average molecular weight is 1480 g/mol. The van der Waals surface area contributed by atoms with Gasteiger partial charge in [-0.05, 0) is 141 Å². The number of allylic oxidation sites excluding steroid dienone is 14. The molecule has 0 aliphatic rings. The van der Waals surface area contributed by atoms with Gasteiger partial charge < -0.3 is 33.8 Å². The molecule has 0 saturated heterocycles. The Hall–Kier alpha value is -3.76. The first-order chi connectivity index (χ1) is 49.7. The molecule has 0 aromatic carbocycles. The first-order valence-electron chi connectivity index (χ1n) is 40.8. The Morgan fingerprint density at radius 2 is 0.490 bits per heavy atom. The van der Waals surface area contributed by atoms with Crippen LogP contribution in [-0.2, 0) is 65.4 Å². The molecular weight excluding hydrogens is 1330 g/mol. The van der Waals surface area contributed by atoms with E-state index in [4.69, 9.17) is 37.0 Å². The molecule has 0 saturated carbocycles. The fraction of sp³-hybridized carbons (Fsp3) is 0.783. The van der Waals surface area contributed by atoms with Crippen LogP contribution in [0.25, 0.3) is 0 Å². The molecule has 0 aromatic rings. The Bertz CT molecular complexity index is 2260. The second-order valence-corrected chi connectivity index (χ2v) is 30.3. The number of aliphatic hydroxyl groups excluding tert-OH is 1. The molecule has 0 aromatic heterocycles. The van der Waals surface area contributed by atoms with Gasteiger partial charge in [-0.25, -0.2) is 9.13 Å². The number of phosphoric acid groups is 2. The topological polar surface area (TPSA) is 237 Å². The van der Waals surface area contributed by atoms with Gasteiger partial charge >= 0.3 is 39.5 Å². The predicted octanol–water partition coefficient (Wildman–Crippen LogP) is 23.8. The molecule has 592 valence electrons. The van der Waals surface area contributed by atoms with Crippen molar-refractivity contribution in [1.82, 2.24) is 0 Å². The number of carbonyl (C=O) groups excluding carboxylic acids is 4. The number of hydrogen-bond acceptors (Lipinski definition) is 15. The van der Waals surface area contributed by atoms with E-state index in [1.54, 1.807) is 0 Å². The number of carbonyl (C=O) groups is 4. The SMILES string of the molecule is CCCCC/C=C\C/C=C\C/C=C\C/C=C\CCCC(=O)O[C@H](COC(=O)CCCCCCCCC/C=C\CCCCCC)COP(=O)(O)OCC(O)COP(=O)(O)OC[C@@H](COC(=O)CCCCCCC/C=C\CCCCCCCC)OC(=O)CCCCCCCCC/C=C\CCCCCC.